The molecule has 1 aliphatic rings. The Morgan fingerprint density at radius 3 is 2.72 bits per heavy atom. The van der Waals surface area contributed by atoms with Crippen molar-refractivity contribution in [3.63, 3.8) is 0 Å². The Morgan fingerprint density at radius 2 is 1.97 bits per heavy atom. The Hall–Kier alpha value is -2.69. The first kappa shape index (κ1) is 22.5. The summed E-state index contributed by atoms with van der Waals surface area (Å²) in [6.07, 6.45) is 9.86. The van der Waals surface area contributed by atoms with Crippen LogP contribution in [0, 0.1) is 17.6 Å². The number of unbranched alkanes of at least 4 members (excludes halogenated alkanes) is 3. The van der Waals surface area contributed by atoms with Gasteiger partial charge in [0.1, 0.15) is 11.6 Å². The molecule has 1 heterocycles. The van der Waals surface area contributed by atoms with Gasteiger partial charge in [-0.25, -0.2) is 13.6 Å². The number of carboxylic acids is 1. The molecule has 0 bridgehead atoms. The maximum Gasteiger partial charge on any atom is 0.337 e. The fourth-order valence-electron chi connectivity index (χ4n) is 5.29. The molecule has 1 N–H and O–H groups in total. The fourth-order valence-corrected chi connectivity index (χ4v) is 5.29. The van der Waals surface area contributed by atoms with Crippen LogP contribution >= 0.6 is 0 Å². The van der Waals surface area contributed by atoms with Crippen LogP contribution in [0.4, 0.5) is 8.78 Å². The molecule has 1 unspecified atom stereocenters. The number of hydrogen-bond acceptors (Lipinski definition) is 1. The van der Waals surface area contributed by atoms with Gasteiger partial charge in [0.2, 0.25) is 0 Å². The van der Waals surface area contributed by atoms with E-state index >= 15 is 0 Å². The second kappa shape index (κ2) is 9.85. The topological polar surface area (TPSA) is 42.2 Å². The van der Waals surface area contributed by atoms with Crippen LogP contribution in [-0.2, 0) is 19.4 Å². The van der Waals surface area contributed by atoms with Gasteiger partial charge in [0.15, 0.2) is 0 Å². The van der Waals surface area contributed by atoms with Crippen molar-refractivity contribution in [2.24, 2.45) is 5.92 Å². The lowest BCUT2D eigenvalue weighted by Gasteiger charge is -2.18. The molecule has 0 amide bonds. The van der Waals surface area contributed by atoms with Gasteiger partial charge in [0, 0.05) is 17.6 Å². The molecule has 1 aliphatic carbocycles. The Balaban J connectivity index is 1.81. The molecular formula is C27H31F2NO2. The van der Waals surface area contributed by atoms with Crippen LogP contribution in [0.2, 0.25) is 0 Å². The number of nitrogens with zero attached hydrogens (tertiary/aromatic N) is 1. The van der Waals surface area contributed by atoms with Crippen LogP contribution in [0.1, 0.15) is 79.0 Å². The Kier molecular flexibility index (Phi) is 6.92. The van der Waals surface area contributed by atoms with Crippen molar-refractivity contribution in [3.8, 4) is 0 Å². The van der Waals surface area contributed by atoms with Crippen molar-refractivity contribution in [3.05, 3.63) is 70.4 Å². The average molecular weight is 440 g/mol. The lowest BCUT2D eigenvalue weighted by Crippen LogP contribution is -2.12. The molecule has 0 saturated carbocycles. The summed E-state index contributed by atoms with van der Waals surface area (Å²) in [5.41, 5.74) is 3.46. The van der Waals surface area contributed by atoms with Gasteiger partial charge in [0.25, 0.3) is 0 Å². The second-order valence-corrected chi connectivity index (χ2v) is 9.11. The minimum atomic E-state index is -1.14. The van der Waals surface area contributed by atoms with Crippen LogP contribution in [0.3, 0.4) is 0 Å². The maximum atomic E-state index is 14.4. The molecule has 0 aliphatic heterocycles. The maximum absolute atomic E-state index is 14.4. The second-order valence-electron chi connectivity index (χ2n) is 9.11. The third kappa shape index (κ3) is 4.72. The lowest BCUT2D eigenvalue weighted by molar-refractivity contribution is 0.0698. The van der Waals surface area contributed by atoms with Gasteiger partial charge in [0.05, 0.1) is 11.1 Å². The van der Waals surface area contributed by atoms with E-state index in [1.807, 2.05) is 10.6 Å². The Labute approximate surface area is 188 Å². The van der Waals surface area contributed by atoms with E-state index in [0.29, 0.717) is 23.4 Å². The summed E-state index contributed by atoms with van der Waals surface area (Å²) in [4.78, 5) is 12.0. The van der Waals surface area contributed by atoms with Gasteiger partial charge in [-0.1, -0.05) is 51.2 Å². The first-order valence-corrected chi connectivity index (χ1v) is 11.8. The van der Waals surface area contributed by atoms with E-state index in [2.05, 4.69) is 6.92 Å². The average Bonchev–Trinajstić information content (AvgIpc) is 2.90. The smallest absolute Gasteiger partial charge is 0.337 e. The number of benzene rings is 2. The van der Waals surface area contributed by atoms with Gasteiger partial charge >= 0.3 is 5.97 Å². The van der Waals surface area contributed by atoms with Gasteiger partial charge in [-0.05, 0) is 67.0 Å². The molecule has 5 heteroatoms. The summed E-state index contributed by atoms with van der Waals surface area (Å²) in [5, 5.41) is 10.5. The van der Waals surface area contributed by atoms with Gasteiger partial charge in [-0.3, -0.25) is 0 Å². The van der Waals surface area contributed by atoms with E-state index in [1.165, 1.54) is 43.9 Å². The number of carbonyl (C=O) groups is 1. The molecule has 3 aromatic rings. The van der Waals surface area contributed by atoms with E-state index in [9.17, 15) is 18.7 Å². The number of rotatable bonds is 8. The number of halogens is 2. The van der Waals surface area contributed by atoms with Gasteiger partial charge in [-0.15, -0.1) is 0 Å². The lowest BCUT2D eigenvalue weighted by atomic mass is 9.93. The number of aryl methyl sites for hydroxylation is 1. The molecular weight excluding hydrogens is 408 g/mol. The van der Waals surface area contributed by atoms with E-state index in [4.69, 9.17) is 0 Å². The molecule has 0 fully saturated rings. The van der Waals surface area contributed by atoms with E-state index in [1.54, 1.807) is 6.07 Å². The van der Waals surface area contributed by atoms with Crippen molar-refractivity contribution in [2.75, 3.05) is 0 Å². The monoisotopic (exact) mass is 439 g/mol. The zero-order valence-corrected chi connectivity index (χ0v) is 18.7. The minimum absolute atomic E-state index is 0.0241. The number of carboxylic acid groups (broad SMARTS) is 1. The van der Waals surface area contributed by atoms with Gasteiger partial charge < -0.3 is 9.67 Å². The first-order valence-electron chi connectivity index (χ1n) is 11.8. The summed E-state index contributed by atoms with van der Waals surface area (Å²) >= 11 is 0. The quantitative estimate of drug-likeness (QED) is 0.300. The molecule has 32 heavy (non-hydrogen) atoms. The minimum Gasteiger partial charge on any atom is -0.478 e. The molecule has 1 aromatic heterocycles. The Morgan fingerprint density at radius 1 is 1.12 bits per heavy atom. The standard InChI is InChI=1S/C27H31F2NO2/c1-2-3-4-5-8-18-9-7-12-22-23-15-21(29)16-24(27(31)32)26(23)30(25(22)14-18)17-19-10-6-11-20(28)13-19/h6,10-11,13,15-16,18H,2-5,7-9,12,14,17H2,1H3,(H,31,32). The van der Waals surface area contributed by atoms with E-state index in [0.717, 1.165) is 55.0 Å². The summed E-state index contributed by atoms with van der Waals surface area (Å²) in [6.45, 7) is 2.58. The summed E-state index contributed by atoms with van der Waals surface area (Å²) < 4.78 is 30.3. The number of aromatic nitrogens is 1. The van der Waals surface area contributed by atoms with Crippen molar-refractivity contribution in [2.45, 2.75) is 71.3 Å². The third-order valence-corrected chi connectivity index (χ3v) is 6.79. The first-order chi connectivity index (χ1) is 15.5. The summed E-state index contributed by atoms with van der Waals surface area (Å²) in [7, 11) is 0. The zero-order valence-electron chi connectivity index (χ0n) is 18.7. The molecule has 4 rings (SSSR count). The molecule has 0 saturated heterocycles. The highest BCUT2D eigenvalue weighted by molar-refractivity contribution is 6.04. The number of fused-ring (bicyclic) bond motifs is 3. The molecule has 3 nitrogen and oxygen atoms in total. The normalized spacial score (nSPS) is 16.2. The highest BCUT2D eigenvalue weighted by Gasteiger charge is 2.27. The largest absolute Gasteiger partial charge is 0.478 e. The predicted molar refractivity (Wildman–Crippen MR) is 123 cm³/mol. The molecule has 2 aromatic carbocycles. The van der Waals surface area contributed by atoms with Crippen LogP contribution in [0.5, 0.6) is 0 Å². The molecule has 170 valence electrons. The highest BCUT2D eigenvalue weighted by Crippen LogP contribution is 2.37. The third-order valence-electron chi connectivity index (χ3n) is 6.79. The highest BCUT2D eigenvalue weighted by atomic mass is 19.1. The summed E-state index contributed by atoms with van der Waals surface area (Å²) in [6, 6.07) is 9.00. The van der Waals surface area contributed by atoms with Crippen molar-refractivity contribution in [1.29, 1.82) is 0 Å². The van der Waals surface area contributed by atoms with Crippen molar-refractivity contribution in [1.82, 2.24) is 4.57 Å². The van der Waals surface area contributed by atoms with Crippen LogP contribution in [-0.4, -0.2) is 15.6 Å². The van der Waals surface area contributed by atoms with Crippen LogP contribution in [0.25, 0.3) is 10.9 Å². The SMILES string of the molecule is CCCCCCC1CCCc2c(n(Cc3cccc(F)c3)c3c(C(=O)O)cc(F)cc23)C1. The molecule has 0 spiro atoms. The number of hydrogen-bond donors (Lipinski definition) is 1. The van der Waals surface area contributed by atoms with Crippen LogP contribution < -0.4 is 0 Å². The zero-order chi connectivity index (χ0) is 22.7. The number of aromatic carboxylic acids is 1. The van der Waals surface area contributed by atoms with Crippen molar-refractivity contribution >= 4 is 16.9 Å². The van der Waals surface area contributed by atoms with E-state index in [-0.39, 0.29) is 11.4 Å². The molecule has 0 radical (unpaired) electrons. The van der Waals surface area contributed by atoms with Crippen molar-refractivity contribution < 1.29 is 18.7 Å². The summed E-state index contributed by atoms with van der Waals surface area (Å²) in [5.74, 6) is -1.45. The fraction of sp³-hybridized carbons (Fsp3) is 0.444. The van der Waals surface area contributed by atoms with E-state index < -0.39 is 11.8 Å². The predicted octanol–water partition coefficient (Wildman–Crippen LogP) is 7.13. The van der Waals surface area contributed by atoms with Gasteiger partial charge in [-0.2, -0.15) is 0 Å². The van der Waals surface area contributed by atoms with Crippen LogP contribution in [0.15, 0.2) is 36.4 Å². The molecule has 1 atom stereocenters. The Bertz CT molecular complexity index is 1120.